The van der Waals surface area contributed by atoms with E-state index in [-0.39, 0.29) is 23.6 Å². The minimum atomic E-state index is -4.52. The highest BCUT2D eigenvalue weighted by molar-refractivity contribution is 9.25. The number of imide groups is 1. The first-order valence-corrected chi connectivity index (χ1v) is 10.1. The molecule has 0 saturated carbocycles. The first-order valence-electron chi connectivity index (χ1n) is 8.11. The Morgan fingerprint density at radius 1 is 1.03 bits per heavy atom. The van der Waals surface area contributed by atoms with Gasteiger partial charge in [-0.15, -0.1) is 0 Å². The fraction of sp³-hybridized carbons (Fsp3) is 0.222. The molecule has 2 aromatic carbocycles. The van der Waals surface area contributed by atoms with Crippen LogP contribution in [0.1, 0.15) is 22.3 Å². The minimum absolute atomic E-state index is 0.0354. The zero-order valence-corrected chi connectivity index (χ0v) is 18.6. The molecule has 0 aromatic heterocycles. The molecule has 0 heterocycles. The summed E-state index contributed by atoms with van der Waals surface area (Å²) in [6.45, 7) is 0. The van der Waals surface area contributed by atoms with Gasteiger partial charge in [0, 0.05) is 10.7 Å². The van der Waals surface area contributed by atoms with Gasteiger partial charge in [-0.05, 0) is 42.7 Å². The molecular formula is C18H12Br2ClF5N2O2. The van der Waals surface area contributed by atoms with Crippen molar-refractivity contribution < 1.29 is 31.5 Å². The average molecular weight is 579 g/mol. The van der Waals surface area contributed by atoms with Crippen LogP contribution in [0, 0.1) is 11.6 Å². The Labute approximate surface area is 189 Å². The van der Waals surface area contributed by atoms with Crippen LogP contribution in [-0.4, -0.2) is 21.3 Å². The zero-order chi connectivity index (χ0) is 22.7. The van der Waals surface area contributed by atoms with Crippen LogP contribution in [0.25, 0.3) is 0 Å². The number of halogens is 8. The van der Waals surface area contributed by atoms with Crippen LogP contribution in [0.4, 0.5) is 32.4 Å². The third-order valence-electron chi connectivity index (χ3n) is 3.85. The Morgan fingerprint density at radius 2 is 1.63 bits per heavy atom. The number of urea groups is 1. The molecule has 2 aromatic rings. The van der Waals surface area contributed by atoms with Gasteiger partial charge in [0.25, 0.3) is 5.91 Å². The number of hydrogen-bond donors (Lipinski definition) is 2. The Hall–Kier alpha value is -1.72. The molecule has 0 aliphatic rings. The molecule has 0 saturated heterocycles. The van der Waals surface area contributed by atoms with Gasteiger partial charge in [0.2, 0.25) is 0 Å². The average Bonchev–Trinajstić information content (AvgIpc) is 2.59. The maximum absolute atomic E-state index is 13.6. The third kappa shape index (κ3) is 6.14. The summed E-state index contributed by atoms with van der Waals surface area (Å²) >= 11 is 11.2. The lowest BCUT2D eigenvalue weighted by Crippen LogP contribution is -2.35. The van der Waals surface area contributed by atoms with Crippen molar-refractivity contribution in [2.75, 3.05) is 5.32 Å². The fourth-order valence-electron chi connectivity index (χ4n) is 2.30. The van der Waals surface area contributed by atoms with E-state index in [1.165, 1.54) is 18.2 Å². The lowest BCUT2D eigenvalue weighted by atomic mass is 10.1. The van der Waals surface area contributed by atoms with Crippen molar-refractivity contribution in [3.63, 3.8) is 0 Å². The lowest BCUT2D eigenvalue weighted by molar-refractivity contribution is -0.134. The number of amides is 3. The molecule has 30 heavy (non-hydrogen) atoms. The predicted molar refractivity (Wildman–Crippen MR) is 109 cm³/mol. The van der Waals surface area contributed by atoms with Crippen molar-refractivity contribution >= 4 is 61.1 Å². The van der Waals surface area contributed by atoms with E-state index >= 15 is 0 Å². The number of rotatable bonds is 5. The first kappa shape index (κ1) is 24.5. The number of nitrogens with one attached hydrogen (secondary N) is 2. The molecule has 0 unspecified atom stereocenters. The molecule has 3 amide bonds. The second kappa shape index (κ2) is 9.61. The SMILES string of the molecule is O=C(NC(=O)c1c(F)cccc1F)Nc1ccc(CCC(Br)(Br)C(F)(F)F)c(Cl)c1. The van der Waals surface area contributed by atoms with Gasteiger partial charge in [-0.3, -0.25) is 10.1 Å². The summed E-state index contributed by atoms with van der Waals surface area (Å²) in [5.41, 5.74) is -0.416. The Morgan fingerprint density at radius 3 is 2.17 bits per heavy atom. The summed E-state index contributed by atoms with van der Waals surface area (Å²) in [5, 5.41) is 4.10. The highest BCUT2D eigenvalue weighted by atomic mass is 79.9. The van der Waals surface area contributed by atoms with Gasteiger partial charge in [-0.1, -0.05) is 55.6 Å². The van der Waals surface area contributed by atoms with E-state index in [0.29, 0.717) is 5.56 Å². The molecular weight excluding hydrogens is 566 g/mol. The summed E-state index contributed by atoms with van der Waals surface area (Å²) in [6, 6.07) is 5.74. The van der Waals surface area contributed by atoms with E-state index in [2.05, 4.69) is 37.2 Å². The number of benzene rings is 2. The van der Waals surface area contributed by atoms with E-state index in [1.807, 2.05) is 0 Å². The molecule has 2 N–H and O–H groups in total. The monoisotopic (exact) mass is 576 g/mol. The molecule has 4 nitrogen and oxygen atoms in total. The standard InChI is InChI=1S/C18H12Br2ClF5N2O2/c19-17(20,18(24,25)26)7-6-9-4-5-10(8-11(9)21)27-16(30)28-15(29)14-12(22)2-1-3-13(14)23/h1-5,8H,6-7H2,(H2,27,28,29,30). The number of carbonyl (C=O) groups is 2. The normalized spacial score (nSPS) is 11.9. The molecule has 0 aliphatic heterocycles. The van der Waals surface area contributed by atoms with Crippen molar-refractivity contribution in [1.82, 2.24) is 5.32 Å². The number of anilines is 1. The van der Waals surface area contributed by atoms with Crippen LogP contribution in [0.2, 0.25) is 5.02 Å². The van der Waals surface area contributed by atoms with Crippen LogP contribution in [0.3, 0.4) is 0 Å². The van der Waals surface area contributed by atoms with Gasteiger partial charge in [0.1, 0.15) is 17.2 Å². The molecule has 0 bridgehead atoms. The summed E-state index contributed by atoms with van der Waals surface area (Å²) < 4.78 is 63.5. The second-order valence-corrected chi connectivity index (χ2v) is 10.2. The van der Waals surface area contributed by atoms with E-state index in [9.17, 15) is 31.5 Å². The number of carbonyl (C=O) groups excluding carboxylic acids is 2. The van der Waals surface area contributed by atoms with Gasteiger partial charge >= 0.3 is 12.2 Å². The number of alkyl halides is 5. The topological polar surface area (TPSA) is 58.2 Å². The van der Waals surface area contributed by atoms with Gasteiger partial charge in [-0.2, -0.15) is 13.2 Å². The van der Waals surface area contributed by atoms with Gasteiger partial charge < -0.3 is 5.32 Å². The Kier molecular flexibility index (Phi) is 7.86. The number of hydrogen-bond acceptors (Lipinski definition) is 2. The minimum Gasteiger partial charge on any atom is -0.308 e. The quantitative estimate of drug-likeness (QED) is 0.312. The fourth-order valence-corrected chi connectivity index (χ4v) is 2.98. The van der Waals surface area contributed by atoms with Crippen LogP contribution in [0.15, 0.2) is 36.4 Å². The Bertz CT molecular complexity index is 950. The summed E-state index contributed by atoms with van der Waals surface area (Å²) in [7, 11) is 0. The first-order chi connectivity index (χ1) is 13.8. The van der Waals surface area contributed by atoms with Crippen molar-refractivity contribution in [3.05, 3.63) is 64.2 Å². The van der Waals surface area contributed by atoms with Crippen molar-refractivity contribution in [2.45, 2.75) is 22.3 Å². The molecule has 0 atom stereocenters. The maximum Gasteiger partial charge on any atom is 0.413 e. The smallest absolute Gasteiger partial charge is 0.308 e. The zero-order valence-electron chi connectivity index (χ0n) is 14.7. The maximum atomic E-state index is 13.6. The molecule has 12 heteroatoms. The highest BCUT2D eigenvalue weighted by Crippen LogP contribution is 2.46. The summed E-state index contributed by atoms with van der Waals surface area (Å²) in [5.74, 6) is -3.56. The van der Waals surface area contributed by atoms with Crippen molar-refractivity contribution in [3.8, 4) is 0 Å². The van der Waals surface area contributed by atoms with Crippen molar-refractivity contribution in [2.24, 2.45) is 0 Å². The molecule has 0 fully saturated rings. The predicted octanol–water partition coefficient (Wildman–Crippen LogP) is 6.56. The largest absolute Gasteiger partial charge is 0.413 e. The molecule has 162 valence electrons. The van der Waals surface area contributed by atoms with E-state index in [0.717, 1.165) is 18.2 Å². The van der Waals surface area contributed by atoms with Crippen LogP contribution < -0.4 is 10.6 Å². The Balaban J connectivity index is 2.02. The van der Waals surface area contributed by atoms with Crippen LogP contribution in [0.5, 0.6) is 0 Å². The number of aryl methyl sites for hydroxylation is 1. The van der Waals surface area contributed by atoms with Gasteiger partial charge in [0.15, 0.2) is 3.23 Å². The molecule has 0 spiro atoms. The van der Waals surface area contributed by atoms with Gasteiger partial charge in [-0.25, -0.2) is 13.6 Å². The van der Waals surface area contributed by atoms with E-state index < -0.39 is 38.5 Å². The molecule has 0 aliphatic carbocycles. The molecule has 0 radical (unpaired) electrons. The van der Waals surface area contributed by atoms with Crippen LogP contribution in [-0.2, 0) is 6.42 Å². The van der Waals surface area contributed by atoms with Crippen LogP contribution >= 0.6 is 43.5 Å². The van der Waals surface area contributed by atoms with E-state index in [4.69, 9.17) is 11.6 Å². The highest BCUT2D eigenvalue weighted by Gasteiger charge is 2.50. The second-order valence-electron chi connectivity index (χ2n) is 6.01. The van der Waals surface area contributed by atoms with Gasteiger partial charge in [0.05, 0.1) is 0 Å². The summed E-state index contributed by atoms with van der Waals surface area (Å²) in [4.78, 5) is 23.8. The van der Waals surface area contributed by atoms with E-state index in [1.54, 1.807) is 5.32 Å². The molecule has 2 rings (SSSR count). The van der Waals surface area contributed by atoms with Crippen molar-refractivity contribution in [1.29, 1.82) is 0 Å². The third-order valence-corrected chi connectivity index (χ3v) is 5.89. The lowest BCUT2D eigenvalue weighted by Gasteiger charge is -2.23. The summed E-state index contributed by atoms with van der Waals surface area (Å²) in [6.07, 6.45) is -4.91.